The summed E-state index contributed by atoms with van der Waals surface area (Å²) in [6.07, 6.45) is 0. The summed E-state index contributed by atoms with van der Waals surface area (Å²) in [7, 11) is 3.61. The second-order valence-corrected chi connectivity index (χ2v) is 13.5. The lowest BCUT2D eigenvalue weighted by Crippen LogP contribution is -2.19. The first kappa shape index (κ1) is 30.7. The molecule has 0 saturated carbocycles. The average molecular weight is 685 g/mol. The number of imidazole rings is 1. The number of benzene rings is 7. The van der Waals surface area contributed by atoms with Crippen LogP contribution in [0.3, 0.4) is 0 Å². The van der Waals surface area contributed by atoms with E-state index in [9.17, 15) is 4.79 Å². The summed E-state index contributed by atoms with van der Waals surface area (Å²) in [6, 6.07) is 54.4. The van der Waals surface area contributed by atoms with Crippen LogP contribution < -0.4 is 5.69 Å². The molecule has 3 aromatic heterocycles. The molecule has 0 radical (unpaired) electrons. The average Bonchev–Trinajstić information content (AvgIpc) is 3.72. The summed E-state index contributed by atoms with van der Waals surface area (Å²) in [5.74, 6) is 0.670. The summed E-state index contributed by atoms with van der Waals surface area (Å²) < 4.78 is 9.83. The third-order valence-corrected chi connectivity index (χ3v) is 10.4. The lowest BCUT2D eigenvalue weighted by atomic mass is 9.97. The Hall–Kier alpha value is -7.05. The van der Waals surface area contributed by atoms with Gasteiger partial charge in [-0.2, -0.15) is 0 Å². The minimum Gasteiger partial charge on any atom is -0.455 e. The van der Waals surface area contributed by atoms with Gasteiger partial charge in [-0.1, -0.05) is 127 Å². The van der Waals surface area contributed by atoms with Gasteiger partial charge in [0.1, 0.15) is 11.2 Å². The maximum Gasteiger partial charge on any atom is 0.328 e. The highest BCUT2D eigenvalue weighted by atomic mass is 16.3. The van der Waals surface area contributed by atoms with Crippen molar-refractivity contribution in [2.75, 3.05) is 0 Å². The van der Waals surface area contributed by atoms with Gasteiger partial charge in [0.05, 0.1) is 22.4 Å². The van der Waals surface area contributed by atoms with Crippen molar-refractivity contribution >= 4 is 43.7 Å². The number of aryl methyl sites for hydroxylation is 2. The largest absolute Gasteiger partial charge is 0.455 e. The molecule has 0 N–H and O–H groups in total. The van der Waals surface area contributed by atoms with Crippen LogP contribution >= 0.6 is 0 Å². The fraction of sp³-hybridized carbons (Fsp3) is 0.0426. The number of nitrogens with zero attached hydrogens (tertiary/aromatic N) is 4. The molecule has 53 heavy (non-hydrogen) atoms. The molecule has 0 saturated heterocycles. The summed E-state index contributed by atoms with van der Waals surface area (Å²) in [4.78, 5) is 22.6. The van der Waals surface area contributed by atoms with Crippen molar-refractivity contribution in [1.29, 1.82) is 0 Å². The monoisotopic (exact) mass is 684 g/mol. The zero-order valence-corrected chi connectivity index (χ0v) is 29.1. The van der Waals surface area contributed by atoms with E-state index in [2.05, 4.69) is 115 Å². The SMILES string of the molecule is Cn1c(=O)n(C)c2cc(-c3ccc(-c4cc(-c5ccc(-c6cccc7oc8c9ccccc9ccc8c67)cc5)nc(-c5ccccc5)n4)cc3)ccc21. The van der Waals surface area contributed by atoms with E-state index < -0.39 is 0 Å². The summed E-state index contributed by atoms with van der Waals surface area (Å²) in [6.45, 7) is 0. The molecule has 0 aliphatic rings. The van der Waals surface area contributed by atoms with Crippen LogP contribution in [-0.4, -0.2) is 19.1 Å². The van der Waals surface area contributed by atoms with E-state index in [1.54, 1.807) is 16.2 Å². The molecule has 0 spiro atoms. The van der Waals surface area contributed by atoms with Gasteiger partial charge in [0.25, 0.3) is 0 Å². The minimum absolute atomic E-state index is 0.0336. The van der Waals surface area contributed by atoms with E-state index in [0.717, 1.165) is 88.7 Å². The van der Waals surface area contributed by atoms with Gasteiger partial charge in [-0.05, 0) is 58.0 Å². The molecule has 0 atom stereocenters. The topological polar surface area (TPSA) is 65.8 Å². The van der Waals surface area contributed by atoms with Gasteiger partial charge in [-0.15, -0.1) is 0 Å². The van der Waals surface area contributed by atoms with E-state index >= 15 is 0 Å². The van der Waals surface area contributed by atoms with Gasteiger partial charge >= 0.3 is 5.69 Å². The molecule has 6 heteroatoms. The number of rotatable bonds is 5. The zero-order chi connectivity index (χ0) is 35.6. The molecule has 6 nitrogen and oxygen atoms in total. The standard InChI is InChI=1S/C47H32N4O2/c1-50-41-26-24-35(27-42(41)51(2)47(50)52)29-15-19-32(20-16-29)39-28-40(49-46(48-39)34-10-4-3-5-11-34)33-21-17-31(18-22-33)36-13-8-14-43-44(36)38-25-23-30-9-6-7-12-37(30)45(38)53-43/h3-28H,1-2H3. The summed E-state index contributed by atoms with van der Waals surface area (Å²) in [5.41, 5.74) is 12.6. The van der Waals surface area contributed by atoms with E-state index in [4.69, 9.17) is 14.4 Å². The Morgan fingerprint density at radius 2 is 1.13 bits per heavy atom. The van der Waals surface area contributed by atoms with Crippen molar-refractivity contribution in [1.82, 2.24) is 19.1 Å². The first-order chi connectivity index (χ1) is 26.0. The fourth-order valence-electron chi connectivity index (χ4n) is 7.59. The van der Waals surface area contributed by atoms with Crippen LogP contribution in [0.1, 0.15) is 0 Å². The lowest BCUT2D eigenvalue weighted by molar-refractivity contribution is 0.673. The Morgan fingerprint density at radius 3 is 1.89 bits per heavy atom. The molecule has 0 amide bonds. The zero-order valence-electron chi connectivity index (χ0n) is 29.1. The Balaban J connectivity index is 1.04. The van der Waals surface area contributed by atoms with E-state index in [1.165, 1.54) is 5.39 Å². The number of furan rings is 1. The molecular formula is C47H32N4O2. The molecule has 0 aliphatic carbocycles. The number of hydrogen-bond acceptors (Lipinski definition) is 4. The molecular weight excluding hydrogens is 653 g/mol. The lowest BCUT2D eigenvalue weighted by Gasteiger charge is -2.11. The van der Waals surface area contributed by atoms with Crippen LogP contribution in [0, 0.1) is 0 Å². The maximum absolute atomic E-state index is 12.5. The van der Waals surface area contributed by atoms with Gasteiger partial charge in [0.15, 0.2) is 5.82 Å². The summed E-state index contributed by atoms with van der Waals surface area (Å²) >= 11 is 0. The van der Waals surface area contributed by atoms with Crippen LogP contribution in [0.4, 0.5) is 0 Å². The fourth-order valence-corrected chi connectivity index (χ4v) is 7.59. The van der Waals surface area contributed by atoms with Crippen LogP contribution in [0.5, 0.6) is 0 Å². The van der Waals surface area contributed by atoms with Crippen LogP contribution in [0.15, 0.2) is 167 Å². The van der Waals surface area contributed by atoms with Crippen molar-refractivity contribution in [3.05, 3.63) is 168 Å². The first-order valence-corrected chi connectivity index (χ1v) is 17.6. The molecule has 0 bridgehead atoms. The second kappa shape index (κ2) is 12.0. The van der Waals surface area contributed by atoms with Crippen molar-refractivity contribution in [2.24, 2.45) is 14.1 Å². The van der Waals surface area contributed by atoms with Crippen molar-refractivity contribution in [2.45, 2.75) is 0 Å². The highest BCUT2D eigenvalue weighted by Crippen LogP contribution is 2.40. The van der Waals surface area contributed by atoms with Crippen LogP contribution in [0.25, 0.3) is 99.9 Å². The van der Waals surface area contributed by atoms with Gasteiger partial charge in [0, 0.05) is 46.9 Å². The minimum atomic E-state index is -0.0336. The van der Waals surface area contributed by atoms with Crippen LogP contribution in [-0.2, 0) is 14.1 Å². The Kier molecular flexibility index (Phi) is 6.98. The Labute approximate surface area is 304 Å². The van der Waals surface area contributed by atoms with Crippen molar-refractivity contribution in [3.8, 4) is 56.2 Å². The quantitative estimate of drug-likeness (QED) is 0.181. The predicted octanol–water partition coefficient (Wildman–Crippen LogP) is 11.1. The third kappa shape index (κ3) is 5.06. The molecule has 3 heterocycles. The molecule has 0 fully saturated rings. The molecule has 0 unspecified atom stereocenters. The molecule has 10 aromatic rings. The highest BCUT2D eigenvalue weighted by molar-refractivity contribution is 6.19. The maximum atomic E-state index is 12.5. The first-order valence-electron chi connectivity index (χ1n) is 17.6. The van der Waals surface area contributed by atoms with Crippen LogP contribution in [0.2, 0.25) is 0 Å². The van der Waals surface area contributed by atoms with Gasteiger partial charge in [-0.25, -0.2) is 14.8 Å². The predicted molar refractivity (Wildman–Crippen MR) is 216 cm³/mol. The molecule has 252 valence electrons. The normalized spacial score (nSPS) is 11.7. The molecule has 10 rings (SSSR count). The molecule has 7 aromatic carbocycles. The van der Waals surface area contributed by atoms with E-state index in [-0.39, 0.29) is 5.69 Å². The highest BCUT2D eigenvalue weighted by Gasteiger charge is 2.16. The second-order valence-electron chi connectivity index (χ2n) is 13.5. The Morgan fingerprint density at radius 1 is 0.491 bits per heavy atom. The Bertz CT molecular complexity index is 3080. The van der Waals surface area contributed by atoms with Crippen molar-refractivity contribution < 1.29 is 4.42 Å². The number of aromatic nitrogens is 4. The summed E-state index contributed by atoms with van der Waals surface area (Å²) in [5, 5.41) is 4.52. The molecule has 0 aliphatic heterocycles. The van der Waals surface area contributed by atoms with E-state index in [1.807, 2.05) is 49.5 Å². The third-order valence-electron chi connectivity index (χ3n) is 10.4. The number of hydrogen-bond donors (Lipinski definition) is 0. The smallest absolute Gasteiger partial charge is 0.328 e. The van der Waals surface area contributed by atoms with E-state index in [0.29, 0.717) is 5.82 Å². The van der Waals surface area contributed by atoms with Gasteiger partial charge < -0.3 is 4.42 Å². The van der Waals surface area contributed by atoms with Crippen molar-refractivity contribution in [3.63, 3.8) is 0 Å². The number of fused-ring (bicyclic) bond motifs is 6. The van der Waals surface area contributed by atoms with Gasteiger partial charge in [-0.3, -0.25) is 9.13 Å². The van der Waals surface area contributed by atoms with Gasteiger partial charge in [0.2, 0.25) is 0 Å².